The van der Waals surface area contributed by atoms with Crippen molar-refractivity contribution in [3.05, 3.63) is 36.4 Å². The van der Waals surface area contributed by atoms with Crippen molar-refractivity contribution in [3.8, 4) is 5.75 Å². The van der Waals surface area contributed by atoms with Crippen LogP contribution in [0.1, 0.15) is 0 Å². The molecular weight excluding hydrogens is 296 g/mol. The molecule has 120 valence electrons. The van der Waals surface area contributed by atoms with Crippen LogP contribution in [0.25, 0.3) is 0 Å². The summed E-state index contributed by atoms with van der Waals surface area (Å²) in [5.41, 5.74) is 1.11. The topological polar surface area (TPSA) is 74.6 Å². The smallest absolute Gasteiger partial charge is 0.287 e. The maximum absolute atomic E-state index is 12.4. The van der Waals surface area contributed by atoms with Crippen LogP contribution in [0.2, 0.25) is 0 Å². The number of amides is 2. The molecule has 2 aliphatic rings. The third-order valence-electron chi connectivity index (χ3n) is 3.98. The Balaban J connectivity index is 1.57. The highest BCUT2D eigenvalue weighted by Crippen LogP contribution is 2.21. The molecule has 0 spiro atoms. The minimum Gasteiger partial charge on any atom is -0.497 e. The number of ether oxygens (including phenoxy) is 1. The zero-order valence-corrected chi connectivity index (χ0v) is 12.9. The Morgan fingerprint density at radius 3 is 2.43 bits per heavy atom. The SMILES string of the molecule is COc1ccc(N2CCN(C(=O)C3C=CC(=O)N=N3)CC2)cc1. The van der Waals surface area contributed by atoms with E-state index in [0.717, 1.165) is 24.5 Å². The highest BCUT2D eigenvalue weighted by molar-refractivity contribution is 5.92. The second-order valence-electron chi connectivity index (χ2n) is 5.37. The molecule has 3 rings (SSSR count). The molecule has 0 radical (unpaired) electrons. The highest BCUT2D eigenvalue weighted by atomic mass is 16.5. The van der Waals surface area contributed by atoms with Crippen LogP contribution >= 0.6 is 0 Å². The van der Waals surface area contributed by atoms with Crippen LogP contribution in [0.3, 0.4) is 0 Å². The number of hydrogen-bond donors (Lipinski definition) is 0. The van der Waals surface area contributed by atoms with Crippen LogP contribution in [-0.2, 0) is 9.59 Å². The lowest BCUT2D eigenvalue weighted by Gasteiger charge is -2.36. The summed E-state index contributed by atoms with van der Waals surface area (Å²) in [4.78, 5) is 27.3. The van der Waals surface area contributed by atoms with E-state index in [0.29, 0.717) is 13.1 Å². The van der Waals surface area contributed by atoms with E-state index in [1.807, 2.05) is 24.3 Å². The minimum atomic E-state index is -0.666. The monoisotopic (exact) mass is 314 g/mol. The molecule has 1 fully saturated rings. The molecule has 2 amide bonds. The first-order chi connectivity index (χ1) is 11.2. The van der Waals surface area contributed by atoms with Crippen molar-refractivity contribution in [1.82, 2.24) is 4.90 Å². The first kappa shape index (κ1) is 15.2. The van der Waals surface area contributed by atoms with Crippen molar-refractivity contribution in [2.24, 2.45) is 10.2 Å². The number of azo groups is 1. The summed E-state index contributed by atoms with van der Waals surface area (Å²) in [5.74, 6) is 0.303. The van der Waals surface area contributed by atoms with Crippen molar-refractivity contribution in [2.45, 2.75) is 6.04 Å². The van der Waals surface area contributed by atoms with E-state index < -0.39 is 11.9 Å². The molecule has 1 aromatic rings. The number of rotatable bonds is 3. The van der Waals surface area contributed by atoms with Gasteiger partial charge < -0.3 is 14.5 Å². The van der Waals surface area contributed by atoms with Gasteiger partial charge in [0.05, 0.1) is 7.11 Å². The van der Waals surface area contributed by atoms with Gasteiger partial charge in [0.1, 0.15) is 5.75 Å². The van der Waals surface area contributed by atoms with Gasteiger partial charge in [0.25, 0.3) is 11.8 Å². The van der Waals surface area contributed by atoms with Crippen LogP contribution in [0, 0.1) is 0 Å². The maximum atomic E-state index is 12.4. The Hall–Kier alpha value is -2.70. The predicted octanol–water partition coefficient (Wildman–Crippen LogP) is 1.26. The van der Waals surface area contributed by atoms with Crippen molar-refractivity contribution < 1.29 is 14.3 Å². The van der Waals surface area contributed by atoms with Crippen molar-refractivity contribution in [2.75, 3.05) is 38.2 Å². The van der Waals surface area contributed by atoms with E-state index in [1.165, 1.54) is 12.2 Å². The molecular formula is C16H18N4O3. The van der Waals surface area contributed by atoms with Crippen LogP contribution in [0.15, 0.2) is 46.6 Å². The van der Waals surface area contributed by atoms with Crippen LogP contribution in [0.5, 0.6) is 5.75 Å². The molecule has 1 unspecified atom stereocenters. The van der Waals surface area contributed by atoms with E-state index in [4.69, 9.17) is 4.74 Å². The number of anilines is 1. The zero-order chi connectivity index (χ0) is 16.2. The summed E-state index contributed by atoms with van der Waals surface area (Å²) < 4.78 is 5.16. The van der Waals surface area contributed by atoms with Crippen molar-refractivity contribution >= 4 is 17.5 Å². The van der Waals surface area contributed by atoms with Gasteiger partial charge in [-0.25, -0.2) is 0 Å². The van der Waals surface area contributed by atoms with Gasteiger partial charge in [0.15, 0.2) is 6.04 Å². The molecule has 23 heavy (non-hydrogen) atoms. The molecule has 7 heteroatoms. The maximum Gasteiger partial charge on any atom is 0.287 e. The van der Waals surface area contributed by atoms with E-state index in [9.17, 15) is 9.59 Å². The quantitative estimate of drug-likeness (QED) is 0.842. The lowest BCUT2D eigenvalue weighted by molar-refractivity contribution is -0.131. The van der Waals surface area contributed by atoms with E-state index in [1.54, 1.807) is 12.0 Å². The molecule has 7 nitrogen and oxygen atoms in total. The lowest BCUT2D eigenvalue weighted by atomic mass is 10.2. The van der Waals surface area contributed by atoms with E-state index in [2.05, 4.69) is 15.1 Å². The lowest BCUT2D eigenvalue weighted by Crippen LogP contribution is -2.51. The standard InChI is InChI=1S/C16H18N4O3/c1-23-13-4-2-12(3-5-13)19-8-10-20(11-9-19)16(22)14-6-7-15(21)18-17-14/h2-7,14H,8-11H2,1H3. The second kappa shape index (κ2) is 6.60. The first-order valence-electron chi connectivity index (χ1n) is 7.48. The summed E-state index contributed by atoms with van der Waals surface area (Å²) in [7, 11) is 1.64. The van der Waals surface area contributed by atoms with Gasteiger partial charge >= 0.3 is 0 Å². The molecule has 2 aliphatic heterocycles. The average molecular weight is 314 g/mol. The van der Waals surface area contributed by atoms with Gasteiger partial charge in [-0.1, -0.05) is 0 Å². The van der Waals surface area contributed by atoms with Crippen molar-refractivity contribution in [1.29, 1.82) is 0 Å². The second-order valence-corrected chi connectivity index (χ2v) is 5.37. The molecule has 0 aromatic heterocycles. The number of carbonyl (C=O) groups is 2. The van der Waals surface area contributed by atoms with Crippen LogP contribution in [-0.4, -0.2) is 56.0 Å². The predicted molar refractivity (Wildman–Crippen MR) is 84.6 cm³/mol. The third-order valence-corrected chi connectivity index (χ3v) is 3.98. The normalized spacial score (nSPS) is 20.7. The summed E-state index contributed by atoms with van der Waals surface area (Å²) in [6, 6.07) is 7.22. The average Bonchev–Trinajstić information content (AvgIpc) is 2.62. The Morgan fingerprint density at radius 1 is 1.17 bits per heavy atom. The largest absolute Gasteiger partial charge is 0.497 e. The van der Waals surface area contributed by atoms with Gasteiger partial charge in [-0.05, 0) is 30.3 Å². The van der Waals surface area contributed by atoms with Crippen LogP contribution in [0.4, 0.5) is 5.69 Å². The first-order valence-corrected chi connectivity index (χ1v) is 7.48. The molecule has 0 saturated carbocycles. The molecule has 0 bridgehead atoms. The van der Waals surface area contributed by atoms with Crippen LogP contribution < -0.4 is 9.64 Å². The molecule has 2 heterocycles. The minimum absolute atomic E-state index is 0.105. The zero-order valence-electron chi connectivity index (χ0n) is 12.9. The Morgan fingerprint density at radius 2 is 1.87 bits per heavy atom. The Labute approximate surface area is 134 Å². The van der Waals surface area contributed by atoms with Gasteiger partial charge in [-0.3, -0.25) is 9.59 Å². The van der Waals surface area contributed by atoms with Gasteiger partial charge in [-0.2, -0.15) is 5.11 Å². The fraction of sp³-hybridized carbons (Fsp3) is 0.375. The molecule has 1 aromatic carbocycles. The van der Waals surface area contributed by atoms with Gasteiger partial charge in [0, 0.05) is 37.9 Å². The fourth-order valence-corrected chi connectivity index (χ4v) is 2.66. The fourth-order valence-electron chi connectivity index (χ4n) is 2.66. The Bertz CT molecular complexity index is 630. The van der Waals surface area contributed by atoms with Gasteiger partial charge in [0.2, 0.25) is 0 Å². The summed E-state index contributed by atoms with van der Waals surface area (Å²) in [6.07, 6.45) is 2.80. The number of carbonyl (C=O) groups excluding carboxylic acids is 2. The molecule has 0 N–H and O–H groups in total. The van der Waals surface area contributed by atoms with Gasteiger partial charge in [-0.15, -0.1) is 5.11 Å². The molecule has 1 saturated heterocycles. The van der Waals surface area contributed by atoms with Crippen molar-refractivity contribution in [3.63, 3.8) is 0 Å². The molecule has 1 atom stereocenters. The molecule has 0 aliphatic carbocycles. The number of nitrogens with zero attached hydrogens (tertiary/aromatic N) is 4. The third kappa shape index (κ3) is 3.39. The summed E-state index contributed by atoms with van der Waals surface area (Å²) in [5, 5.41) is 7.19. The Kier molecular flexibility index (Phi) is 4.36. The number of benzene rings is 1. The van der Waals surface area contributed by atoms with E-state index in [-0.39, 0.29) is 5.91 Å². The summed E-state index contributed by atoms with van der Waals surface area (Å²) >= 11 is 0. The number of piperazine rings is 1. The number of methoxy groups -OCH3 is 1. The highest BCUT2D eigenvalue weighted by Gasteiger charge is 2.27. The number of hydrogen-bond acceptors (Lipinski definition) is 5. The summed E-state index contributed by atoms with van der Waals surface area (Å²) in [6.45, 7) is 2.76. The van der Waals surface area contributed by atoms with E-state index >= 15 is 0 Å².